The topological polar surface area (TPSA) is 51.4 Å². The molecule has 2 rings (SSSR count). The van der Waals surface area contributed by atoms with Crippen molar-refractivity contribution in [1.82, 2.24) is 4.98 Å². The number of ether oxygens (including phenoxy) is 1. The van der Waals surface area contributed by atoms with E-state index in [1.54, 1.807) is 19.4 Å². The molecule has 0 saturated carbocycles. The van der Waals surface area contributed by atoms with Gasteiger partial charge in [-0.15, -0.1) is 0 Å². The summed E-state index contributed by atoms with van der Waals surface area (Å²) in [5, 5.41) is 0.527. The molecule has 0 aliphatic carbocycles. The van der Waals surface area contributed by atoms with Gasteiger partial charge < -0.3 is 15.4 Å². The van der Waals surface area contributed by atoms with Crippen molar-refractivity contribution in [3.63, 3.8) is 0 Å². The Labute approximate surface area is 111 Å². The molecule has 0 bridgehead atoms. The molecule has 0 spiro atoms. The molecule has 0 saturated heterocycles. The van der Waals surface area contributed by atoms with E-state index in [-0.39, 0.29) is 0 Å². The van der Waals surface area contributed by atoms with Crippen LogP contribution >= 0.6 is 11.6 Å². The number of hydrogen-bond donors (Lipinski definition) is 1. The van der Waals surface area contributed by atoms with E-state index in [0.717, 1.165) is 11.4 Å². The second-order valence-corrected chi connectivity index (χ2v) is 4.26. The van der Waals surface area contributed by atoms with Crippen LogP contribution in [-0.4, -0.2) is 19.1 Å². The van der Waals surface area contributed by atoms with E-state index in [1.807, 2.05) is 36.2 Å². The van der Waals surface area contributed by atoms with E-state index < -0.39 is 0 Å². The van der Waals surface area contributed by atoms with Gasteiger partial charge in [0.25, 0.3) is 0 Å². The Morgan fingerprint density at radius 1 is 1.28 bits per heavy atom. The maximum absolute atomic E-state index is 5.90. The Morgan fingerprint density at radius 3 is 2.50 bits per heavy atom. The van der Waals surface area contributed by atoms with Crippen molar-refractivity contribution < 1.29 is 4.74 Å². The zero-order chi connectivity index (χ0) is 13.1. The van der Waals surface area contributed by atoms with Gasteiger partial charge in [0.05, 0.1) is 17.8 Å². The zero-order valence-electron chi connectivity index (χ0n) is 10.2. The number of aromatic nitrogens is 1. The summed E-state index contributed by atoms with van der Waals surface area (Å²) >= 11 is 5.83. The summed E-state index contributed by atoms with van der Waals surface area (Å²) < 4.78 is 5.12. The molecule has 0 aliphatic rings. The van der Waals surface area contributed by atoms with Crippen LogP contribution < -0.4 is 15.4 Å². The standard InChI is InChI=1S/C13H14ClN3O/c1-17(10-3-5-11(18-2)6-4-10)13-12(15)7-9(14)8-16-13/h3-8H,15H2,1-2H3. The molecule has 0 amide bonds. The van der Waals surface area contributed by atoms with Crippen LogP contribution in [0.15, 0.2) is 36.5 Å². The number of halogens is 1. The lowest BCUT2D eigenvalue weighted by molar-refractivity contribution is 0.415. The van der Waals surface area contributed by atoms with Crippen LogP contribution in [0.5, 0.6) is 5.75 Å². The largest absolute Gasteiger partial charge is 0.497 e. The lowest BCUT2D eigenvalue weighted by Crippen LogP contribution is -2.13. The highest BCUT2D eigenvalue weighted by Crippen LogP contribution is 2.29. The molecule has 18 heavy (non-hydrogen) atoms. The first-order valence-electron chi connectivity index (χ1n) is 5.40. The quantitative estimate of drug-likeness (QED) is 0.925. The Kier molecular flexibility index (Phi) is 3.58. The van der Waals surface area contributed by atoms with E-state index in [2.05, 4.69) is 4.98 Å². The third-order valence-corrected chi connectivity index (χ3v) is 2.85. The number of anilines is 3. The average molecular weight is 264 g/mol. The molecule has 2 N–H and O–H groups in total. The number of methoxy groups -OCH3 is 1. The molecular weight excluding hydrogens is 250 g/mol. The fourth-order valence-corrected chi connectivity index (χ4v) is 1.82. The summed E-state index contributed by atoms with van der Waals surface area (Å²) in [5.74, 6) is 1.48. The first-order valence-corrected chi connectivity index (χ1v) is 5.78. The highest BCUT2D eigenvalue weighted by molar-refractivity contribution is 6.30. The number of nitrogen functional groups attached to an aromatic ring is 1. The second kappa shape index (κ2) is 5.14. The van der Waals surface area contributed by atoms with E-state index in [4.69, 9.17) is 22.1 Å². The highest BCUT2D eigenvalue weighted by Gasteiger charge is 2.09. The molecule has 5 heteroatoms. The van der Waals surface area contributed by atoms with Crippen molar-refractivity contribution in [2.75, 3.05) is 24.8 Å². The van der Waals surface area contributed by atoms with E-state index in [1.165, 1.54) is 0 Å². The van der Waals surface area contributed by atoms with Gasteiger partial charge in [-0.3, -0.25) is 0 Å². The van der Waals surface area contributed by atoms with Gasteiger partial charge >= 0.3 is 0 Å². The van der Waals surface area contributed by atoms with Crippen LogP contribution in [0.25, 0.3) is 0 Å². The normalized spacial score (nSPS) is 10.2. The molecule has 94 valence electrons. The van der Waals surface area contributed by atoms with Gasteiger partial charge in [0.1, 0.15) is 5.75 Å². The third-order valence-electron chi connectivity index (χ3n) is 2.64. The maximum atomic E-state index is 5.90. The van der Waals surface area contributed by atoms with Crippen LogP contribution in [0.4, 0.5) is 17.2 Å². The fourth-order valence-electron chi connectivity index (χ4n) is 1.66. The Bertz CT molecular complexity index is 542. The van der Waals surface area contributed by atoms with Gasteiger partial charge in [-0.25, -0.2) is 4.98 Å². The van der Waals surface area contributed by atoms with Gasteiger partial charge in [-0.2, -0.15) is 0 Å². The molecule has 0 unspecified atom stereocenters. The molecule has 0 atom stereocenters. The highest BCUT2D eigenvalue weighted by atomic mass is 35.5. The van der Waals surface area contributed by atoms with Crippen molar-refractivity contribution in [1.29, 1.82) is 0 Å². The van der Waals surface area contributed by atoms with Crippen LogP contribution in [-0.2, 0) is 0 Å². The Balaban J connectivity index is 2.31. The fraction of sp³-hybridized carbons (Fsp3) is 0.154. The van der Waals surface area contributed by atoms with Crippen molar-refractivity contribution in [2.45, 2.75) is 0 Å². The average Bonchev–Trinajstić information content (AvgIpc) is 2.38. The smallest absolute Gasteiger partial charge is 0.156 e. The number of benzene rings is 1. The SMILES string of the molecule is COc1ccc(N(C)c2ncc(Cl)cc2N)cc1. The molecule has 1 aromatic heterocycles. The number of nitrogens with zero attached hydrogens (tertiary/aromatic N) is 2. The van der Waals surface area contributed by atoms with Crippen LogP contribution in [0.1, 0.15) is 0 Å². The molecule has 0 aliphatic heterocycles. The first-order chi connectivity index (χ1) is 8.61. The molecule has 1 heterocycles. The van der Waals surface area contributed by atoms with Gasteiger partial charge in [0, 0.05) is 18.9 Å². The monoisotopic (exact) mass is 263 g/mol. The summed E-state index contributed by atoms with van der Waals surface area (Å²) in [4.78, 5) is 6.13. The number of nitrogens with two attached hydrogens (primary N) is 1. The van der Waals surface area contributed by atoms with Crippen molar-refractivity contribution >= 4 is 28.8 Å². The number of hydrogen-bond acceptors (Lipinski definition) is 4. The molecule has 0 radical (unpaired) electrons. The summed E-state index contributed by atoms with van der Waals surface area (Å²) in [5.41, 5.74) is 7.41. The van der Waals surface area contributed by atoms with E-state index in [9.17, 15) is 0 Å². The van der Waals surface area contributed by atoms with Gasteiger partial charge in [-0.05, 0) is 30.3 Å². The van der Waals surface area contributed by atoms with Crippen molar-refractivity contribution in [3.8, 4) is 5.75 Å². The third kappa shape index (κ3) is 2.49. The summed E-state index contributed by atoms with van der Waals surface area (Å²) in [7, 11) is 3.53. The Hall–Kier alpha value is -1.94. The van der Waals surface area contributed by atoms with Crippen LogP contribution in [0, 0.1) is 0 Å². The van der Waals surface area contributed by atoms with Gasteiger partial charge in [-0.1, -0.05) is 11.6 Å². The van der Waals surface area contributed by atoms with Crippen LogP contribution in [0.3, 0.4) is 0 Å². The first kappa shape index (κ1) is 12.5. The van der Waals surface area contributed by atoms with Gasteiger partial charge in [0.15, 0.2) is 5.82 Å². The molecule has 2 aromatic rings. The minimum absolute atomic E-state index is 0.527. The minimum atomic E-state index is 0.527. The Morgan fingerprint density at radius 2 is 1.94 bits per heavy atom. The van der Waals surface area contributed by atoms with Gasteiger partial charge in [0.2, 0.25) is 0 Å². The number of rotatable bonds is 3. The van der Waals surface area contributed by atoms with E-state index in [0.29, 0.717) is 16.5 Å². The van der Waals surface area contributed by atoms with Crippen molar-refractivity contribution in [2.24, 2.45) is 0 Å². The number of pyridine rings is 1. The second-order valence-electron chi connectivity index (χ2n) is 3.82. The predicted octanol–water partition coefficient (Wildman–Crippen LogP) is 3.09. The summed E-state index contributed by atoms with van der Waals surface area (Å²) in [6.45, 7) is 0. The van der Waals surface area contributed by atoms with Crippen LogP contribution in [0.2, 0.25) is 5.02 Å². The lowest BCUT2D eigenvalue weighted by Gasteiger charge is -2.20. The molecule has 0 fully saturated rings. The molecular formula is C13H14ClN3O. The predicted molar refractivity (Wildman–Crippen MR) is 74.7 cm³/mol. The zero-order valence-corrected chi connectivity index (χ0v) is 11.0. The van der Waals surface area contributed by atoms with E-state index >= 15 is 0 Å². The van der Waals surface area contributed by atoms with Crippen molar-refractivity contribution in [3.05, 3.63) is 41.6 Å². The summed E-state index contributed by atoms with van der Waals surface area (Å²) in [6.07, 6.45) is 1.58. The maximum Gasteiger partial charge on any atom is 0.156 e. The molecule has 4 nitrogen and oxygen atoms in total. The summed E-state index contributed by atoms with van der Waals surface area (Å²) in [6, 6.07) is 9.34. The lowest BCUT2D eigenvalue weighted by atomic mass is 10.2. The minimum Gasteiger partial charge on any atom is -0.497 e. The molecule has 1 aromatic carbocycles.